The van der Waals surface area contributed by atoms with Crippen LogP contribution in [0.15, 0.2) is 60.9 Å². The fourth-order valence-corrected chi connectivity index (χ4v) is 3.95. The molecule has 1 aromatic heterocycles. The van der Waals surface area contributed by atoms with Crippen molar-refractivity contribution in [3.63, 3.8) is 0 Å². The summed E-state index contributed by atoms with van der Waals surface area (Å²) >= 11 is 0. The predicted octanol–water partition coefficient (Wildman–Crippen LogP) is 2.74. The molecule has 5 rings (SSSR count). The Bertz CT molecular complexity index is 1190. The van der Waals surface area contributed by atoms with E-state index in [9.17, 15) is 14.4 Å². The number of hydrogen-bond donors (Lipinski definition) is 1. The van der Waals surface area contributed by atoms with Crippen LogP contribution >= 0.6 is 0 Å². The number of amides is 3. The van der Waals surface area contributed by atoms with Gasteiger partial charge in [0.15, 0.2) is 17.6 Å². The van der Waals surface area contributed by atoms with Crippen molar-refractivity contribution in [1.82, 2.24) is 14.7 Å². The van der Waals surface area contributed by atoms with E-state index < -0.39 is 0 Å². The first kappa shape index (κ1) is 20.7. The normalized spacial score (nSPS) is 16.6. The van der Waals surface area contributed by atoms with Gasteiger partial charge in [0.2, 0.25) is 5.91 Å². The molecule has 0 saturated heterocycles. The highest BCUT2D eigenvalue weighted by Crippen LogP contribution is 2.31. The average molecular weight is 446 g/mol. The molecule has 3 aromatic rings. The molecule has 0 aliphatic carbocycles. The van der Waals surface area contributed by atoms with Gasteiger partial charge in [-0.1, -0.05) is 24.3 Å². The Kier molecular flexibility index (Phi) is 5.52. The zero-order valence-corrected chi connectivity index (χ0v) is 17.8. The number of carbonyl (C=O) groups excluding carboxylic acids is 3. The number of fused-ring (bicyclic) bond motifs is 2. The fourth-order valence-electron chi connectivity index (χ4n) is 3.95. The predicted molar refractivity (Wildman–Crippen MR) is 118 cm³/mol. The van der Waals surface area contributed by atoms with Gasteiger partial charge in [-0.2, -0.15) is 5.10 Å². The number of nitrogens with one attached hydrogen (secondary N) is 1. The van der Waals surface area contributed by atoms with Crippen molar-refractivity contribution < 1.29 is 23.9 Å². The molecule has 3 amide bonds. The van der Waals surface area contributed by atoms with Gasteiger partial charge in [-0.25, -0.2) is 0 Å². The molecule has 9 nitrogen and oxygen atoms in total. The van der Waals surface area contributed by atoms with E-state index in [1.807, 2.05) is 24.3 Å². The van der Waals surface area contributed by atoms with E-state index in [0.29, 0.717) is 42.1 Å². The molecule has 2 aromatic carbocycles. The van der Waals surface area contributed by atoms with E-state index in [1.165, 1.54) is 4.90 Å². The third kappa shape index (κ3) is 4.30. The van der Waals surface area contributed by atoms with Crippen LogP contribution in [-0.2, 0) is 11.3 Å². The van der Waals surface area contributed by atoms with Crippen LogP contribution in [0.2, 0.25) is 0 Å². The highest BCUT2D eigenvalue weighted by Gasteiger charge is 2.34. The zero-order chi connectivity index (χ0) is 22.8. The topological polar surface area (TPSA) is 103 Å². The van der Waals surface area contributed by atoms with E-state index in [-0.39, 0.29) is 36.8 Å². The molecule has 0 saturated carbocycles. The number of para-hydroxylation sites is 2. The van der Waals surface area contributed by atoms with Crippen LogP contribution in [0.4, 0.5) is 5.69 Å². The first-order valence-electron chi connectivity index (χ1n) is 10.7. The van der Waals surface area contributed by atoms with Gasteiger partial charge in [0, 0.05) is 19.2 Å². The van der Waals surface area contributed by atoms with Crippen molar-refractivity contribution in [2.75, 3.05) is 18.5 Å². The van der Waals surface area contributed by atoms with E-state index in [4.69, 9.17) is 9.47 Å². The Morgan fingerprint density at radius 1 is 1.03 bits per heavy atom. The Labute approximate surface area is 189 Å². The minimum Gasteiger partial charge on any atom is -0.486 e. The molecule has 9 heteroatoms. The first-order valence-corrected chi connectivity index (χ1v) is 10.7. The average Bonchev–Trinajstić information content (AvgIpc) is 3.36. The molecule has 2 aliphatic heterocycles. The molecule has 168 valence electrons. The molecule has 1 unspecified atom stereocenters. The number of nitrogens with zero attached hydrogens (tertiary/aromatic N) is 3. The molecule has 3 heterocycles. The second kappa shape index (κ2) is 8.78. The summed E-state index contributed by atoms with van der Waals surface area (Å²) in [4.78, 5) is 38.3. The number of ether oxygens (including phenoxy) is 2. The minimum atomic E-state index is -0.311. The van der Waals surface area contributed by atoms with Crippen LogP contribution in [0, 0.1) is 0 Å². The lowest BCUT2D eigenvalue weighted by molar-refractivity contribution is -0.116. The van der Waals surface area contributed by atoms with Crippen molar-refractivity contribution >= 4 is 23.4 Å². The summed E-state index contributed by atoms with van der Waals surface area (Å²) in [5.41, 5.74) is 1.39. The van der Waals surface area contributed by atoms with E-state index in [1.54, 1.807) is 41.3 Å². The van der Waals surface area contributed by atoms with Gasteiger partial charge < -0.3 is 14.8 Å². The summed E-state index contributed by atoms with van der Waals surface area (Å²) in [6, 6.07) is 14.2. The number of carbonyl (C=O) groups is 3. The van der Waals surface area contributed by atoms with Gasteiger partial charge in [0.1, 0.15) is 6.61 Å². The summed E-state index contributed by atoms with van der Waals surface area (Å²) in [5.74, 6) is 0.593. The number of aromatic nitrogens is 2. The molecule has 33 heavy (non-hydrogen) atoms. The lowest BCUT2D eigenvalue weighted by atomic mass is 10.1. The number of imide groups is 1. The van der Waals surface area contributed by atoms with Crippen LogP contribution in [-0.4, -0.2) is 51.7 Å². The summed E-state index contributed by atoms with van der Waals surface area (Å²) in [5, 5.41) is 7.07. The zero-order valence-electron chi connectivity index (χ0n) is 17.8. The second-order valence-electron chi connectivity index (χ2n) is 7.91. The number of anilines is 1. The minimum absolute atomic E-state index is 0.176. The van der Waals surface area contributed by atoms with Crippen molar-refractivity contribution in [2.45, 2.75) is 25.5 Å². The molecule has 0 fully saturated rings. The van der Waals surface area contributed by atoms with Crippen molar-refractivity contribution in [3.8, 4) is 11.5 Å². The molecule has 2 aliphatic rings. The van der Waals surface area contributed by atoms with Gasteiger partial charge in [-0.15, -0.1) is 0 Å². The quantitative estimate of drug-likeness (QED) is 0.560. The summed E-state index contributed by atoms with van der Waals surface area (Å²) in [6.45, 7) is 1.08. The number of benzene rings is 2. The summed E-state index contributed by atoms with van der Waals surface area (Å²) in [7, 11) is 0. The van der Waals surface area contributed by atoms with E-state index >= 15 is 0 Å². The third-order valence-corrected chi connectivity index (χ3v) is 5.54. The van der Waals surface area contributed by atoms with Gasteiger partial charge in [-0.05, 0) is 30.7 Å². The van der Waals surface area contributed by atoms with Crippen molar-refractivity contribution in [3.05, 3.63) is 72.1 Å². The van der Waals surface area contributed by atoms with Gasteiger partial charge in [0.05, 0.1) is 29.6 Å². The third-order valence-electron chi connectivity index (χ3n) is 5.54. The Morgan fingerprint density at radius 3 is 2.48 bits per heavy atom. The summed E-state index contributed by atoms with van der Waals surface area (Å²) < 4.78 is 13.3. The van der Waals surface area contributed by atoms with Crippen LogP contribution < -0.4 is 14.8 Å². The Morgan fingerprint density at radius 2 is 1.73 bits per heavy atom. The van der Waals surface area contributed by atoms with Gasteiger partial charge in [0.25, 0.3) is 11.8 Å². The highest BCUT2D eigenvalue weighted by atomic mass is 16.6. The van der Waals surface area contributed by atoms with Gasteiger partial charge >= 0.3 is 0 Å². The molecule has 1 atom stereocenters. The maximum absolute atomic E-state index is 12.4. The molecule has 0 bridgehead atoms. The molecule has 0 radical (unpaired) electrons. The summed E-state index contributed by atoms with van der Waals surface area (Å²) in [6.07, 6.45) is 3.65. The van der Waals surface area contributed by atoms with Gasteiger partial charge in [-0.3, -0.25) is 24.0 Å². The van der Waals surface area contributed by atoms with Crippen LogP contribution in [0.3, 0.4) is 0 Å². The lowest BCUT2D eigenvalue weighted by Crippen LogP contribution is -2.33. The van der Waals surface area contributed by atoms with E-state index in [0.717, 1.165) is 5.75 Å². The maximum atomic E-state index is 12.4. The Balaban J connectivity index is 1.09. The van der Waals surface area contributed by atoms with Crippen molar-refractivity contribution in [1.29, 1.82) is 0 Å². The highest BCUT2D eigenvalue weighted by molar-refractivity contribution is 6.21. The maximum Gasteiger partial charge on any atom is 0.261 e. The SMILES string of the molecule is O=C(CCCN1C(=O)c2ccccc2C1=O)Nc1cnn(CC2COc3ccccc3O2)c1. The first-order chi connectivity index (χ1) is 16.1. The number of rotatable bonds is 7. The molecule has 0 spiro atoms. The number of hydrogen-bond acceptors (Lipinski definition) is 6. The van der Waals surface area contributed by atoms with Crippen LogP contribution in [0.25, 0.3) is 0 Å². The van der Waals surface area contributed by atoms with Crippen LogP contribution in [0.1, 0.15) is 33.6 Å². The standard InChI is InChI=1S/C24H22N4O5/c29-22(10-5-11-28-23(30)18-6-1-2-7-19(18)24(28)31)26-16-12-25-27(13-16)14-17-15-32-20-8-3-4-9-21(20)33-17/h1-4,6-9,12-13,17H,5,10-11,14-15H2,(H,26,29). The smallest absolute Gasteiger partial charge is 0.261 e. The molecular weight excluding hydrogens is 424 g/mol. The van der Waals surface area contributed by atoms with Crippen molar-refractivity contribution in [2.24, 2.45) is 0 Å². The fraction of sp³-hybridized carbons (Fsp3) is 0.250. The molecular formula is C24H22N4O5. The van der Waals surface area contributed by atoms with Crippen LogP contribution in [0.5, 0.6) is 11.5 Å². The molecule has 1 N–H and O–H groups in total. The second-order valence-corrected chi connectivity index (χ2v) is 7.91. The largest absolute Gasteiger partial charge is 0.486 e. The van der Waals surface area contributed by atoms with E-state index in [2.05, 4.69) is 10.4 Å². The lowest BCUT2D eigenvalue weighted by Gasteiger charge is -2.26. The Hall–Kier alpha value is -4.14. The monoisotopic (exact) mass is 446 g/mol.